The first kappa shape index (κ1) is 20.7. The number of halogens is 4. The summed E-state index contributed by atoms with van der Waals surface area (Å²) < 4.78 is 54.7. The molecule has 6 nitrogen and oxygen atoms in total. The van der Waals surface area contributed by atoms with Crippen LogP contribution < -0.4 is 5.32 Å². The van der Waals surface area contributed by atoms with E-state index in [1.165, 1.54) is 12.3 Å². The molecule has 6 rings (SSSR count). The fraction of sp³-hybridized carbons (Fsp3) is 0.409. The molecule has 3 aliphatic carbocycles. The number of anilines is 1. The van der Waals surface area contributed by atoms with Crippen LogP contribution in [0.4, 0.5) is 23.4 Å². The Bertz CT molecular complexity index is 1180. The predicted octanol–water partition coefficient (Wildman–Crippen LogP) is 5.08. The average molecular weight is 448 g/mol. The molecule has 0 aliphatic heterocycles. The number of H-pyrrole nitrogens is 1. The average Bonchev–Trinajstić information content (AvgIpc) is 3.16. The molecule has 0 spiro atoms. The third kappa shape index (κ3) is 3.57. The Morgan fingerprint density at radius 3 is 2.53 bits per heavy atom. The van der Waals surface area contributed by atoms with Crippen LogP contribution in [0, 0.1) is 23.6 Å². The molecule has 1 unspecified atom stereocenters. The number of aromatic amines is 1. The molecule has 0 aromatic carbocycles. The quantitative estimate of drug-likeness (QED) is 0.484. The second kappa shape index (κ2) is 7.46. The number of carbonyl (C=O) groups is 1. The molecule has 3 aromatic heterocycles. The third-order valence-corrected chi connectivity index (χ3v) is 6.75. The van der Waals surface area contributed by atoms with E-state index in [2.05, 4.69) is 20.3 Å². The number of nitrogens with zero attached hydrogens (tertiary/aromatic N) is 2. The zero-order valence-corrected chi connectivity index (χ0v) is 16.8. The molecule has 0 amide bonds. The minimum absolute atomic E-state index is 0.00272. The van der Waals surface area contributed by atoms with Gasteiger partial charge >= 0.3 is 12.1 Å². The zero-order valence-electron chi connectivity index (χ0n) is 16.8. The number of pyridine rings is 2. The van der Waals surface area contributed by atoms with Gasteiger partial charge in [0.25, 0.3) is 0 Å². The van der Waals surface area contributed by atoms with Gasteiger partial charge in [0, 0.05) is 23.2 Å². The van der Waals surface area contributed by atoms with Crippen molar-refractivity contribution in [3.05, 3.63) is 42.0 Å². The van der Waals surface area contributed by atoms with E-state index in [4.69, 9.17) is 0 Å². The fourth-order valence-electron chi connectivity index (χ4n) is 5.28. The SMILES string of the molecule is O=C(O)[C@H]1C2CCC(CC2)C1Nc1cc(C(F)(F)F)cc(-c2c[nH]c3ncc(F)cc23)n1. The minimum atomic E-state index is -4.64. The van der Waals surface area contributed by atoms with Gasteiger partial charge in [-0.2, -0.15) is 13.2 Å². The van der Waals surface area contributed by atoms with Gasteiger partial charge in [-0.3, -0.25) is 4.79 Å². The summed E-state index contributed by atoms with van der Waals surface area (Å²) in [5, 5.41) is 13.1. The van der Waals surface area contributed by atoms with Gasteiger partial charge in [-0.05, 0) is 55.7 Å². The second-order valence-electron chi connectivity index (χ2n) is 8.59. The molecule has 32 heavy (non-hydrogen) atoms. The molecule has 168 valence electrons. The van der Waals surface area contributed by atoms with Crippen molar-refractivity contribution >= 4 is 22.8 Å². The van der Waals surface area contributed by atoms with Gasteiger partial charge in [-0.1, -0.05) is 0 Å². The second-order valence-corrected chi connectivity index (χ2v) is 8.59. The third-order valence-electron chi connectivity index (χ3n) is 6.75. The number of aromatic nitrogens is 3. The Morgan fingerprint density at radius 1 is 1.12 bits per heavy atom. The normalized spacial score (nSPS) is 25.2. The standard InChI is InChI=1S/C22H20F4N4O2/c23-13-7-14-15(9-28-20(14)27-8-13)16-5-12(22(24,25)26)6-17(29-16)30-19-11-3-1-10(2-4-11)18(19)21(31)32/h5-11,18-19H,1-4H2,(H,27,28)(H,29,30)(H,31,32)/t10?,11?,18-,19?/m0/s1. The summed E-state index contributed by atoms with van der Waals surface area (Å²) in [6.45, 7) is 0. The fourth-order valence-corrected chi connectivity index (χ4v) is 5.28. The zero-order chi connectivity index (χ0) is 22.6. The number of hydrogen-bond donors (Lipinski definition) is 3. The number of carboxylic acids is 1. The van der Waals surface area contributed by atoms with Gasteiger partial charge in [0.15, 0.2) is 0 Å². The number of hydrogen-bond acceptors (Lipinski definition) is 4. The maximum atomic E-state index is 13.7. The maximum absolute atomic E-state index is 13.7. The van der Waals surface area contributed by atoms with Crippen LogP contribution >= 0.6 is 0 Å². The van der Waals surface area contributed by atoms with Gasteiger partial charge < -0.3 is 15.4 Å². The highest BCUT2D eigenvalue weighted by Crippen LogP contribution is 2.46. The molecule has 3 N–H and O–H groups in total. The Morgan fingerprint density at radius 2 is 1.84 bits per heavy atom. The van der Waals surface area contributed by atoms with Crippen LogP contribution in [0.25, 0.3) is 22.3 Å². The van der Waals surface area contributed by atoms with Gasteiger partial charge in [-0.15, -0.1) is 0 Å². The van der Waals surface area contributed by atoms with Crippen LogP contribution in [-0.4, -0.2) is 32.1 Å². The van der Waals surface area contributed by atoms with Crippen LogP contribution in [0.3, 0.4) is 0 Å². The van der Waals surface area contributed by atoms with Crippen molar-refractivity contribution in [3.8, 4) is 11.3 Å². The maximum Gasteiger partial charge on any atom is 0.416 e. The summed E-state index contributed by atoms with van der Waals surface area (Å²) in [6, 6.07) is 2.49. The molecule has 3 fully saturated rings. The smallest absolute Gasteiger partial charge is 0.416 e. The molecule has 0 saturated heterocycles. The van der Waals surface area contributed by atoms with Crippen molar-refractivity contribution in [3.63, 3.8) is 0 Å². The number of aliphatic carboxylic acids is 1. The Hall–Kier alpha value is -3.17. The summed E-state index contributed by atoms with van der Waals surface area (Å²) in [5.41, 5.74) is -0.322. The summed E-state index contributed by atoms with van der Waals surface area (Å²) in [4.78, 5) is 23.0. The highest BCUT2D eigenvalue weighted by atomic mass is 19.4. The first-order valence-corrected chi connectivity index (χ1v) is 10.4. The molecular formula is C22H20F4N4O2. The summed E-state index contributed by atoms with van der Waals surface area (Å²) in [5.74, 6) is -2.21. The monoisotopic (exact) mass is 448 g/mol. The van der Waals surface area contributed by atoms with Crippen molar-refractivity contribution in [1.82, 2.24) is 15.0 Å². The molecule has 10 heteroatoms. The molecule has 0 radical (unpaired) electrons. The van der Waals surface area contributed by atoms with E-state index in [9.17, 15) is 27.5 Å². The van der Waals surface area contributed by atoms with E-state index in [0.717, 1.165) is 44.0 Å². The van der Waals surface area contributed by atoms with Gasteiger partial charge in [0.2, 0.25) is 0 Å². The lowest BCUT2D eigenvalue weighted by Crippen LogP contribution is -2.51. The van der Waals surface area contributed by atoms with E-state index >= 15 is 0 Å². The first-order chi connectivity index (χ1) is 15.2. The van der Waals surface area contributed by atoms with Crippen molar-refractivity contribution in [2.75, 3.05) is 5.32 Å². The van der Waals surface area contributed by atoms with E-state index < -0.39 is 35.5 Å². The lowest BCUT2D eigenvalue weighted by atomic mass is 9.61. The highest BCUT2D eigenvalue weighted by Gasteiger charge is 2.47. The molecule has 3 saturated carbocycles. The van der Waals surface area contributed by atoms with Crippen molar-refractivity contribution in [1.29, 1.82) is 0 Å². The van der Waals surface area contributed by atoms with Crippen LogP contribution in [-0.2, 0) is 11.0 Å². The van der Waals surface area contributed by atoms with E-state index in [-0.39, 0.29) is 28.9 Å². The van der Waals surface area contributed by atoms with Crippen molar-refractivity contribution < 1.29 is 27.5 Å². The van der Waals surface area contributed by atoms with E-state index in [0.29, 0.717) is 11.0 Å². The molecular weight excluding hydrogens is 428 g/mol. The molecule has 2 bridgehead atoms. The van der Waals surface area contributed by atoms with Crippen LogP contribution in [0.2, 0.25) is 0 Å². The van der Waals surface area contributed by atoms with Gasteiger partial charge in [0.05, 0.1) is 23.4 Å². The van der Waals surface area contributed by atoms with Crippen LogP contribution in [0.15, 0.2) is 30.6 Å². The molecule has 3 aliphatic rings. The summed E-state index contributed by atoms with van der Waals surface area (Å²) >= 11 is 0. The van der Waals surface area contributed by atoms with Crippen molar-refractivity contribution in [2.45, 2.75) is 37.9 Å². The predicted molar refractivity (Wildman–Crippen MR) is 108 cm³/mol. The number of fused-ring (bicyclic) bond motifs is 4. The number of rotatable bonds is 4. The Balaban J connectivity index is 1.58. The lowest BCUT2D eigenvalue weighted by molar-refractivity contribution is -0.148. The minimum Gasteiger partial charge on any atom is -0.481 e. The molecule has 2 atom stereocenters. The number of carboxylic acid groups (broad SMARTS) is 1. The molecule has 3 aromatic rings. The largest absolute Gasteiger partial charge is 0.481 e. The van der Waals surface area contributed by atoms with E-state index in [1.54, 1.807) is 0 Å². The van der Waals surface area contributed by atoms with E-state index in [1.807, 2.05) is 0 Å². The van der Waals surface area contributed by atoms with Gasteiger partial charge in [-0.25, -0.2) is 14.4 Å². The molecule has 3 heterocycles. The number of nitrogens with one attached hydrogen (secondary N) is 2. The summed E-state index contributed by atoms with van der Waals surface area (Å²) in [6.07, 6.45) is 1.12. The number of alkyl halides is 3. The highest BCUT2D eigenvalue weighted by molar-refractivity contribution is 5.92. The Labute approximate surface area is 180 Å². The van der Waals surface area contributed by atoms with Crippen LogP contribution in [0.1, 0.15) is 31.2 Å². The van der Waals surface area contributed by atoms with Crippen molar-refractivity contribution in [2.24, 2.45) is 17.8 Å². The summed E-state index contributed by atoms with van der Waals surface area (Å²) in [7, 11) is 0. The van der Waals surface area contributed by atoms with Gasteiger partial charge in [0.1, 0.15) is 17.3 Å². The van der Waals surface area contributed by atoms with Crippen LogP contribution in [0.5, 0.6) is 0 Å². The Kier molecular flexibility index (Phi) is 4.83. The first-order valence-electron chi connectivity index (χ1n) is 10.4. The topological polar surface area (TPSA) is 90.9 Å². The lowest BCUT2D eigenvalue weighted by Gasteiger charge is -2.47.